The fraction of sp³-hybridized carbons (Fsp3) is 0.667. The normalized spacial score (nSPS) is 14.8. The van der Waals surface area contributed by atoms with E-state index >= 15 is 0 Å². The summed E-state index contributed by atoms with van der Waals surface area (Å²) in [4.78, 5) is 8.84. The molecule has 3 nitrogen and oxygen atoms in total. The van der Waals surface area contributed by atoms with Gasteiger partial charge in [-0.3, -0.25) is 0 Å². The van der Waals surface area contributed by atoms with Gasteiger partial charge in [-0.15, -0.1) is 0 Å². The molecule has 16 heavy (non-hydrogen) atoms. The van der Waals surface area contributed by atoms with Crippen molar-refractivity contribution in [2.45, 2.75) is 51.2 Å². The molecule has 0 radical (unpaired) electrons. The Morgan fingerprint density at radius 3 is 2.62 bits per heavy atom. The molecular weight excluding hydrogens is 218 g/mol. The number of thioether (sulfide) groups is 1. The summed E-state index contributed by atoms with van der Waals surface area (Å²) in [6, 6.07) is 0.0104. The van der Waals surface area contributed by atoms with Crippen molar-refractivity contribution in [1.82, 2.24) is 9.97 Å². The molecule has 0 amide bonds. The van der Waals surface area contributed by atoms with Crippen molar-refractivity contribution >= 4 is 11.8 Å². The lowest BCUT2D eigenvalue weighted by molar-refractivity contribution is 0.780. The molecule has 1 heterocycles. The molecule has 2 N–H and O–H groups in total. The molecule has 0 saturated heterocycles. The zero-order chi connectivity index (χ0) is 12.1. The number of nitrogens with two attached hydrogens (primary N) is 1. The molecule has 1 aromatic heterocycles. The van der Waals surface area contributed by atoms with Crippen molar-refractivity contribution in [3.63, 3.8) is 0 Å². The van der Waals surface area contributed by atoms with Crippen LogP contribution in [0.15, 0.2) is 6.20 Å². The van der Waals surface area contributed by atoms with Crippen LogP contribution in [-0.2, 0) is 5.75 Å². The van der Waals surface area contributed by atoms with Crippen LogP contribution >= 0.6 is 11.8 Å². The Kier molecular flexibility index (Phi) is 5.22. The lowest BCUT2D eigenvalue weighted by Gasteiger charge is -2.11. The summed E-state index contributed by atoms with van der Waals surface area (Å²) < 4.78 is 0. The fourth-order valence-corrected chi connectivity index (χ4v) is 2.18. The first-order chi connectivity index (χ1) is 7.54. The molecule has 0 aliphatic heterocycles. The second-order valence-electron chi connectivity index (χ2n) is 4.15. The van der Waals surface area contributed by atoms with Gasteiger partial charge in [0.15, 0.2) is 0 Å². The van der Waals surface area contributed by atoms with E-state index in [-0.39, 0.29) is 6.04 Å². The van der Waals surface area contributed by atoms with Crippen molar-refractivity contribution < 1.29 is 0 Å². The van der Waals surface area contributed by atoms with Crippen LogP contribution in [-0.4, -0.2) is 15.2 Å². The summed E-state index contributed by atoms with van der Waals surface area (Å²) in [7, 11) is 0. The number of rotatable bonds is 5. The molecule has 0 aromatic carbocycles. The Labute approximate surface area is 102 Å². The van der Waals surface area contributed by atoms with Crippen LogP contribution in [0.3, 0.4) is 0 Å². The average Bonchev–Trinajstić information content (AvgIpc) is 2.25. The highest BCUT2D eigenvalue weighted by molar-refractivity contribution is 7.99. The van der Waals surface area contributed by atoms with Gasteiger partial charge in [0.25, 0.3) is 0 Å². The highest BCUT2D eigenvalue weighted by Gasteiger charge is 2.08. The average molecular weight is 239 g/mol. The number of aryl methyl sites for hydroxylation is 1. The molecule has 0 bridgehead atoms. The molecule has 90 valence electrons. The van der Waals surface area contributed by atoms with Crippen molar-refractivity contribution in [2.24, 2.45) is 5.73 Å². The number of nitrogens with zero attached hydrogens (tertiary/aromatic N) is 2. The van der Waals surface area contributed by atoms with E-state index in [1.807, 2.05) is 31.8 Å². The third-order valence-corrected chi connectivity index (χ3v) is 3.96. The largest absolute Gasteiger partial charge is 0.324 e. The smallest absolute Gasteiger partial charge is 0.138 e. The van der Waals surface area contributed by atoms with Crippen LogP contribution < -0.4 is 5.73 Å². The van der Waals surface area contributed by atoms with Gasteiger partial charge >= 0.3 is 0 Å². The summed E-state index contributed by atoms with van der Waals surface area (Å²) in [5.74, 6) is 1.79. The lowest BCUT2D eigenvalue weighted by atomic mass is 10.1. The van der Waals surface area contributed by atoms with E-state index in [1.165, 1.54) is 6.42 Å². The molecule has 4 heteroatoms. The van der Waals surface area contributed by atoms with Crippen LogP contribution in [0.4, 0.5) is 0 Å². The van der Waals surface area contributed by atoms with Gasteiger partial charge in [0.2, 0.25) is 0 Å². The van der Waals surface area contributed by atoms with E-state index in [4.69, 9.17) is 5.73 Å². The van der Waals surface area contributed by atoms with E-state index < -0.39 is 0 Å². The Morgan fingerprint density at radius 2 is 2.12 bits per heavy atom. The highest BCUT2D eigenvalue weighted by atomic mass is 32.2. The minimum atomic E-state index is 0.0104. The van der Waals surface area contributed by atoms with Crippen molar-refractivity contribution in [2.75, 3.05) is 0 Å². The summed E-state index contributed by atoms with van der Waals surface area (Å²) >= 11 is 1.90. The summed E-state index contributed by atoms with van der Waals surface area (Å²) in [6.45, 7) is 8.38. The monoisotopic (exact) mass is 239 g/mol. The van der Waals surface area contributed by atoms with Gasteiger partial charge in [0.05, 0.1) is 5.75 Å². The molecular formula is C12H21N3S. The van der Waals surface area contributed by atoms with Crippen LogP contribution in [0.2, 0.25) is 0 Å². The first-order valence-corrected chi connectivity index (χ1v) is 6.79. The van der Waals surface area contributed by atoms with Crippen LogP contribution in [0.5, 0.6) is 0 Å². The highest BCUT2D eigenvalue weighted by Crippen LogP contribution is 2.19. The van der Waals surface area contributed by atoms with E-state index in [2.05, 4.69) is 23.8 Å². The summed E-state index contributed by atoms with van der Waals surface area (Å²) in [6.07, 6.45) is 3.04. The Hall–Kier alpha value is -0.610. The van der Waals surface area contributed by atoms with Gasteiger partial charge < -0.3 is 5.73 Å². The van der Waals surface area contributed by atoms with Gasteiger partial charge in [0, 0.05) is 28.7 Å². The molecule has 1 rings (SSSR count). The second-order valence-corrected chi connectivity index (χ2v) is 5.57. The van der Waals surface area contributed by atoms with Crippen LogP contribution in [0.25, 0.3) is 0 Å². The third-order valence-electron chi connectivity index (χ3n) is 2.63. The molecule has 0 aliphatic carbocycles. The van der Waals surface area contributed by atoms with Gasteiger partial charge in [-0.2, -0.15) is 11.8 Å². The molecule has 1 aromatic rings. The topological polar surface area (TPSA) is 51.8 Å². The molecule has 1 unspecified atom stereocenters. The SMILES string of the molecule is CCC(C)SCc1ncc([C@H](C)N)c(C)n1. The number of aromatic nitrogens is 2. The van der Waals surface area contributed by atoms with Crippen LogP contribution in [0, 0.1) is 6.92 Å². The molecule has 2 atom stereocenters. The Balaban J connectivity index is 2.66. The minimum Gasteiger partial charge on any atom is -0.324 e. The van der Waals surface area contributed by atoms with E-state index in [1.54, 1.807) is 0 Å². The Morgan fingerprint density at radius 1 is 1.44 bits per heavy atom. The second kappa shape index (κ2) is 6.21. The predicted molar refractivity (Wildman–Crippen MR) is 70.4 cm³/mol. The molecule has 0 fully saturated rings. The van der Waals surface area contributed by atoms with E-state index in [0.717, 1.165) is 22.8 Å². The van der Waals surface area contributed by atoms with Gasteiger partial charge in [-0.1, -0.05) is 13.8 Å². The van der Waals surface area contributed by atoms with Crippen LogP contribution in [0.1, 0.15) is 50.3 Å². The Bertz CT molecular complexity index is 339. The number of hydrogen-bond acceptors (Lipinski definition) is 4. The maximum atomic E-state index is 5.82. The lowest BCUT2D eigenvalue weighted by Crippen LogP contribution is -2.10. The van der Waals surface area contributed by atoms with Gasteiger partial charge in [-0.05, 0) is 20.3 Å². The maximum absolute atomic E-state index is 5.82. The first kappa shape index (κ1) is 13.5. The van der Waals surface area contributed by atoms with Crippen molar-refractivity contribution in [1.29, 1.82) is 0 Å². The molecule has 0 spiro atoms. The first-order valence-electron chi connectivity index (χ1n) is 5.74. The molecule has 0 saturated carbocycles. The van der Waals surface area contributed by atoms with Crippen molar-refractivity contribution in [3.05, 3.63) is 23.3 Å². The number of hydrogen-bond donors (Lipinski definition) is 1. The standard InChI is InChI=1S/C12H21N3S/c1-5-8(2)16-7-12-14-6-11(9(3)13)10(4)15-12/h6,8-9H,5,7,13H2,1-4H3/t8?,9-/m0/s1. The van der Waals surface area contributed by atoms with Gasteiger partial charge in [-0.25, -0.2) is 9.97 Å². The fourth-order valence-electron chi connectivity index (χ4n) is 1.38. The summed E-state index contributed by atoms with van der Waals surface area (Å²) in [5, 5.41) is 0.664. The maximum Gasteiger partial charge on any atom is 0.138 e. The third kappa shape index (κ3) is 3.76. The summed E-state index contributed by atoms with van der Waals surface area (Å²) in [5.41, 5.74) is 7.87. The van der Waals surface area contributed by atoms with Gasteiger partial charge in [0.1, 0.15) is 5.82 Å². The zero-order valence-electron chi connectivity index (χ0n) is 10.5. The van der Waals surface area contributed by atoms with E-state index in [0.29, 0.717) is 5.25 Å². The molecule has 0 aliphatic rings. The van der Waals surface area contributed by atoms with Crippen molar-refractivity contribution in [3.8, 4) is 0 Å². The predicted octanol–water partition coefficient (Wildman–Crippen LogP) is 2.84. The minimum absolute atomic E-state index is 0.0104. The van der Waals surface area contributed by atoms with E-state index in [9.17, 15) is 0 Å². The zero-order valence-corrected chi connectivity index (χ0v) is 11.3. The quantitative estimate of drug-likeness (QED) is 0.858.